The van der Waals surface area contributed by atoms with Crippen molar-refractivity contribution in [2.75, 3.05) is 45.2 Å². The molecule has 1 amide bonds. The van der Waals surface area contributed by atoms with Gasteiger partial charge in [0.15, 0.2) is 0 Å². The molecule has 1 fully saturated rings. The van der Waals surface area contributed by atoms with Crippen molar-refractivity contribution in [1.29, 1.82) is 0 Å². The Morgan fingerprint density at radius 2 is 1.73 bits per heavy atom. The second-order valence-corrected chi connectivity index (χ2v) is 6.64. The van der Waals surface area contributed by atoms with Crippen LogP contribution in [0.25, 0.3) is 0 Å². The number of anilines is 1. The predicted molar refractivity (Wildman–Crippen MR) is 105 cm³/mol. The first-order chi connectivity index (χ1) is 12.7. The van der Waals surface area contributed by atoms with Crippen molar-refractivity contribution < 1.29 is 9.53 Å². The summed E-state index contributed by atoms with van der Waals surface area (Å²) in [5.41, 5.74) is 3.54. The van der Waals surface area contributed by atoms with Crippen LogP contribution in [-0.2, 0) is 11.3 Å². The van der Waals surface area contributed by atoms with E-state index in [0.717, 1.165) is 44.2 Å². The van der Waals surface area contributed by atoms with Crippen LogP contribution in [0, 0.1) is 6.92 Å². The Kier molecular flexibility index (Phi) is 6.12. The molecule has 1 heterocycles. The Morgan fingerprint density at radius 3 is 2.46 bits per heavy atom. The van der Waals surface area contributed by atoms with E-state index in [1.807, 2.05) is 29.2 Å². The molecule has 138 valence electrons. The maximum atomic E-state index is 12.5. The number of nitrogens with one attached hydrogen (secondary N) is 1. The Balaban J connectivity index is 1.47. The number of amides is 1. The van der Waals surface area contributed by atoms with Gasteiger partial charge < -0.3 is 15.0 Å². The van der Waals surface area contributed by atoms with E-state index in [9.17, 15) is 4.79 Å². The monoisotopic (exact) mass is 353 g/mol. The van der Waals surface area contributed by atoms with Gasteiger partial charge in [0.25, 0.3) is 0 Å². The minimum absolute atomic E-state index is 0.131. The van der Waals surface area contributed by atoms with Gasteiger partial charge in [-0.05, 0) is 30.2 Å². The molecule has 2 aromatic rings. The van der Waals surface area contributed by atoms with Crippen LogP contribution in [0.15, 0.2) is 48.5 Å². The summed E-state index contributed by atoms with van der Waals surface area (Å²) < 4.78 is 5.31. The first-order valence-corrected chi connectivity index (χ1v) is 9.09. The zero-order valence-corrected chi connectivity index (χ0v) is 15.6. The molecule has 2 aromatic carbocycles. The third kappa shape index (κ3) is 4.55. The molecular formula is C21H27N3O2. The highest BCUT2D eigenvalue weighted by Gasteiger charge is 2.21. The zero-order valence-electron chi connectivity index (χ0n) is 15.6. The number of carbonyl (C=O) groups is 1. The Labute approximate surface area is 155 Å². The van der Waals surface area contributed by atoms with Gasteiger partial charge in [-0.25, -0.2) is 0 Å². The summed E-state index contributed by atoms with van der Waals surface area (Å²) >= 11 is 0. The number of ether oxygens (including phenoxy) is 1. The summed E-state index contributed by atoms with van der Waals surface area (Å²) in [5.74, 6) is 0.884. The molecule has 5 nitrogen and oxygen atoms in total. The molecule has 0 saturated carbocycles. The average molecular weight is 353 g/mol. The number of rotatable bonds is 6. The summed E-state index contributed by atoms with van der Waals surface area (Å²) in [6.45, 7) is 6.77. The number of aryl methyl sites for hydroxylation is 1. The Bertz CT molecular complexity index is 740. The highest BCUT2D eigenvalue weighted by molar-refractivity contribution is 5.81. The topological polar surface area (TPSA) is 44.8 Å². The van der Waals surface area contributed by atoms with Crippen molar-refractivity contribution in [3.05, 3.63) is 59.7 Å². The first kappa shape index (κ1) is 18.3. The van der Waals surface area contributed by atoms with Crippen molar-refractivity contribution in [3.8, 4) is 5.75 Å². The fourth-order valence-corrected chi connectivity index (χ4v) is 3.26. The maximum Gasteiger partial charge on any atom is 0.241 e. The molecule has 1 N–H and O–H groups in total. The van der Waals surface area contributed by atoms with Gasteiger partial charge in [0, 0.05) is 32.7 Å². The van der Waals surface area contributed by atoms with E-state index in [1.165, 1.54) is 11.1 Å². The van der Waals surface area contributed by atoms with Crippen molar-refractivity contribution in [3.63, 3.8) is 0 Å². The molecule has 1 saturated heterocycles. The van der Waals surface area contributed by atoms with Gasteiger partial charge in [-0.1, -0.05) is 36.4 Å². The number of nitrogens with zero attached hydrogens (tertiary/aromatic N) is 2. The highest BCUT2D eigenvalue weighted by atomic mass is 16.5. The zero-order chi connectivity index (χ0) is 18.4. The normalized spacial score (nSPS) is 14.9. The fraction of sp³-hybridized carbons (Fsp3) is 0.381. The molecule has 3 rings (SSSR count). The fourth-order valence-electron chi connectivity index (χ4n) is 3.26. The third-order valence-electron chi connectivity index (χ3n) is 4.92. The molecule has 0 aliphatic carbocycles. The molecule has 5 heteroatoms. The van der Waals surface area contributed by atoms with Crippen LogP contribution in [0.3, 0.4) is 0 Å². The summed E-state index contributed by atoms with van der Waals surface area (Å²) in [7, 11) is 1.63. The molecule has 0 bridgehead atoms. The Hall–Kier alpha value is -2.53. The first-order valence-electron chi connectivity index (χ1n) is 9.09. The van der Waals surface area contributed by atoms with Crippen molar-refractivity contribution >= 4 is 11.6 Å². The van der Waals surface area contributed by atoms with Gasteiger partial charge in [0.2, 0.25) is 5.91 Å². The van der Waals surface area contributed by atoms with Crippen molar-refractivity contribution in [1.82, 2.24) is 9.80 Å². The lowest BCUT2D eigenvalue weighted by Crippen LogP contribution is -2.49. The SMILES string of the molecule is COc1ccccc1NCC(=O)N1CCN(Cc2ccccc2C)CC1. The molecule has 1 aliphatic heterocycles. The van der Waals surface area contributed by atoms with Crippen LogP contribution in [0.5, 0.6) is 5.75 Å². The second kappa shape index (κ2) is 8.72. The molecular weight excluding hydrogens is 326 g/mol. The molecule has 0 unspecified atom stereocenters. The van der Waals surface area contributed by atoms with Crippen LogP contribution in [0.4, 0.5) is 5.69 Å². The standard InChI is InChI=1S/C21H27N3O2/c1-17-7-3-4-8-18(17)16-23-11-13-24(14-12-23)21(25)15-22-19-9-5-6-10-20(19)26-2/h3-10,22H,11-16H2,1-2H3. The molecule has 0 radical (unpaired) electrons. The highest BCUT2D eigenvalue weighted by Crippen LogP contribution is 2.22. The second-order valence-electron chi connectivity index (χ2n) is 6.64. The van der Waals surface area contributed by atoms with Crippen LogP contribution in [-0.4, -0.2) is 55.5 Å². The number of carbonyl (C=O) groups excluding carboxylic acids is 1. The Morgan fingerprint density at radius 1 is 1.04 bits per heavy atom. The number of hydrogen-bond donors (Lipinski definition) is 1. The van der Waals surface area contributed by atoms with Crippen molar-refractivity contribution in [2.24, 2.45) is 0 Å². The molecule has 0 aromatic heterocycles. The largest absolute Gasteiger partial charge is 0.495 e. The quantitative estimate of drug-likeness (QED) is 0.867. The predicted octanol–water partition coefficient (Wildman–Crippen LogP) is 2.76. The molecule has 0 spiro atoms. The van der Waals surface area contributed by atoms with Gasteiger partial charge in [0.1, 0.15) is 5.75 Å². The molecule has 0 atom stereocenters. The van der Waals surface area contributed by atoms with E-state index >= 15 is 0 Å². The number of hydrogen-bond acceptors (Lipinski definition) is 4. The number of para-hydroxylation sites is 2. The molecule has 1 aliphatic rings. The van der Waals surface area contributed by atoms with Crippen LogP contribution < -0.4 is 10.1 Å². The smallest absolute Gasteiger partial charge is 0.241 e. The maximum absolute atomic E-state index is 12.5. The van der Waals surface area contributed by atoms with Crippen LogP contribution in [0.2, 0.25) is 0 Å². The average Bonchev–Trinajstić information content (AvgIpc) is 2.68. The van der Waals surface area contributed by atoms with Gasteiger partial charge in [-0.3, -0.25) is 9.69 Å². The number of methoxy groups -OCH3 is 1. The number of piperazine rings is 1. The minimum atomic E-state index is 0.131. The van der Waals surface area contributed by atoms with Gasteiger partial charge in [0.05, 0.1) is 19.3 Å². The number of benzene rings is 2. The van der Waals surface area contributed by atoms with E-state index in [1.54, 1.807) is 7.11 Å². The van der Waals surface area contributed by atoms with E-state index in [2.05, 4.69) is 41.4 Å². The minimum Gasteiger partial charge on any atom is -0.495 e. The van der Waals surface area contributed by atoms with Gasteiger partial charge in [-0.15, -0.1) is 0 Å². The van der Waals surface area contributed by atoms with E-state index in [-0.39, 0.29) is 12.5 Å². The summed E-state index contributed by atoms with van der Waals surface area (Å²) in [5, 5.41) is 3.19. The van der Waals surface area contributed by atoms with Gasteiger partial charge >= 0.3 is 0 Å². The lowest BCUT2D eigenvalue weighted by Gasteiger charge is -2.35. The summed E-state index contributed by atoms with van der Waals surface area (Å²) in [4.78, 5) is 16.9. The van der Waals surface area contributed by atoms with Crippen LogP contribution >= 0.6 is 0 Å². The van der Waals surface area contributed by atoms with E-state index in [0.29, 0.717) is 0 Å². The van der Waals surface area contributed by atoms with E-state index in [4.69, 9.17) is 4.74 Å². The summed E-state index contributed by atoms with van der Waals surface area (Å²) in [6.07, 6.45) is 0. The lowest BCUT2D eigenvalue weighted by molar-refractivity contribution is -0.131. The van der Waals surface area contributed by atoms with E-state index < -0.39 is 0 Å². The van der Waals surface area contributed by atoms with Crippen molar-refractivity contribution in [2.45, 2.75) is 13.5 Å². The van der Waals surface area contributed by atoms with Crippen LogP contribution in [0.1, 0.15) is 11.1 Å². The molecule has 26 heavy (non-hydrogen) atoms. The third-order valence-corrected chi connectivity index (χ3v) is 4.92. The lowest BCUT2D eigenvalue weighted by atomic mass is 10.1. The summed E-state index contributed by atoms with van der Waals surface area (Å²) in [6, 6.07) is 16.2. The van der Waals surface area contributed by atoms with Gasteiger partial charge in [-0.2, -0.15) is 0 Å².